The van der Waals surface area contributed by atoms with Crippen LogP contribution in [-0.4, -0.2) is 54.1 Å². The van der Waals surface area contributed by atoms with Gasteiger partial charge in [-0.25, -0.2) is 9.97 Å². The third-order valence-corrected chi connectivity index (χ3v) is 5.35. The SMILES string of the molecule is CCOc1ccc(-c2csc(N(C)C(=O)[C@@H]3CCCN3C#N)n2)nc1NC. The number of rotatable bonds is 6. The van der Waals surface area contributed by atoms with E-state index in [1.54, 1.807) is 19.0 Å². The lowest BCUT2D eigenvalue weighted by Crippen LogP contribution is -2.42. The van der Waals surface area contributed by atoms with E-state index in [9.17, 15) is 4.79 Å². The van der Waals surface area contributed by atoms with E-state index < -0.39 is 6.04 Å². The minimum absolute atomic E-state index is 0.106. The molecule has 0 saturated carbocycles. The summed E-state index contributed by atoms with van der Waals surface area (Å²) < 4.78 is 5.54. The predicted molar refractivity (Wildman–Crippen MR) is 105 cm³/mol. The first-order chi connectivity index (χ1) is 13.1. The number of anilines is 2. The molecule has 142 valence electrons. The van der Waals surface area contributed by atoms with Crippen molar-refractivity contribution in [2.45, 2.75) is 25.8 Å². The molecule has 1 N–H and O–H groups in total. The maximum atomic E-state index is 12.7. The Morgan fingerprint density at radius 3 is 3.00 bits per heavy atom. The lowest BCUT2D eigenvalue weighted by Gasteiger charge is -2.22. The van der Waals surface area contributed by atoms with Gasteiger partial charge in [0.25, 0.3) is 5.91 Å². The molecule has 1 atom stereocenters. The first-order valence-corrected chi connectivity index (χ1v) is 9.68. The number of likely N-dealkylation sites (N-methyl/N-ethyl adjacent to an activating group) is 1. The minimum atomic E-state index is -0.396. The van der Waals surface area contributed by atoms with Gasteiger partial charge >= 0.3 is 0 Å². The van der Waals surface area contributed by atoms with Crippen molar-refractivity contribution in [3.63, 3.8) is 0 Å². The first-order valence-electron chi connectivity index (χ1n) is 8.80. The Morgan fingerprint density at radius 2 is 2.30 bits per heavy atom. The minimum Gasteiger partial charge on any atom is -0.490 e. The number of thiazole rings is 1. The van der Waals surface area contributed by atoms with Crippen LogP contribution in [0, 0.1) is 11.5 Å². The van der Waals surface area contributed by atoms with Gasteiger partial charge < -0.3 is 10.1 Å². The molecule has 9 heteroatoms. The van der Waals surface area contributed by atoms with Crippen LogP contribution in [0.3, 0.4) is 0 Å². The molecule has 0 aliphatic carbocycles. The molecule has 0 unspecified atom stereocenters. The van der Waals surface area contributed by atoms with Crippen molar-refractivity contribution in [2.75, 3.05) is 37.5 Å². The number of nitrogens with zero attached hydrogens (tertiary/aromatic N) is 5. The number of hydrogen-bond acceptors (Lipinski definition) is 8. The van der Waals surface area contributed by atoms with Crippen molar-refractivity contribution in [1.29, 1.82) is 5.26 Å². The lowest BCUT2D eigenvalue weighted by atomic mass is 10.2. The Hall–Kier alpha value is -2.86. The molecule has 1 amide bonds. The van der Waals surface area contributed by atoms with Crippen molar-refractivity contribution >= 4 is 28.2 Å². The first kappa shape index (κ1) is 18.9. The zero-order valence-electron chi connectivity index (χ0n) is 15.6. The molecule has 3 rings (SSSR count). The molecule has 2 aromatic rings. The van der Waals surface area contributed by atoms with E-state index in [0.29, 0.717) is 47.7 Å². The van der Waals surface area contributed by atoms with Crippen molar-refractivity contribution in [3.05, 3.63) is 17.5 Å². The van der Waals surface area contributed by atoms with Crippen molar-refractivity contribution in [1.82, 2.24) is 14.9 Å². The molecule has 1 aliphatic heterocycles. The summed E-state index contributed by atoms with van der Waals surface area (Å²) in [5, 5.41) is 14.7. The topological polar surface area (TPSA) is 94.4 Å². The number of amides is 1. The van der Waals surface area contributed by atoms with Gasteiger partial charge in [0.15, 0.2) is 22.9 Å². The van der Waals surface area contributed by atoms with Crippen LogP contribution in [0.5, 0.6) is 5.75 Å². The van der Waals surface area contributed by atoms with Gasteiger partial charge in [0.2, 0.25) is 0 Å². The maximum Gasteiger partial charge on any atom is 0.251 e. The normalized spacial score (nSPS) is 16.1. The molecule has 0 spiro atoms. The predicted octanol–water partition coefficient (Wildman–Crippen LogP) is 2.55. The maximum absolute atomic E-state index is 12.7. The van der Waals surface area contributed by atoms with E-state index in [2.05, 4.69) is 21.5 Å². The molecule has 27 heavy (non-hydrogen) atoms. The van der Waals surface area contributed by atoms with Crippen LogP contribution in [0.1, 0.15) is 19.8 Å². The van der Waals surface area contributed by atoms with E-state index in [4.69, 9.17) is 10.00 Å². The smallest absolute Gasteiger partial charge is 0.251 e. The van der Waals surface area contributed by atoms with E-state index >= 15 is 0 Å². The summed E-state index contributed by atoms with van der Waals surface area (Å²) in [6.45, 7) is 3.11. The summed E-state index contributed by atoms with van der Waals surface area (Å²) in [6.07, 6.45) is 3.65. The average molecular weight is 386 g/mol. The molecule has 0 radical (unpaired) electrons. The molecule has 1 fully saturated rings. The van der Waals surface area contributed by atoms with Gasteiger partial charge in [-0.3, -0.25) is 14.6 Å². The Balaban J connectivity index is 1.80. The Morgan fingerprint density at radius 1 is 1.48 bits per heavy atom. The fraction of sp³-hybridized carbons (Fsp3) is 0.444. The monoisotopic (exact) mass is 386 g/mol. The highest BCUT2D eigenvalue weighted by atomic mass is 32.1. The summed E-state index contributed by atoms with van der Waals surface area (Å²) in [5.41, 5.74) is 1.39. The molecule has 8 nitrogen and oxygen atoms in total. The fourth-order valence-corrected chi connectivity index (χ4v) is 3.83. The Kier molecular flexibility index (Phi) is 5.76. The highest BCUT2D eigenvalue weighted by molar-refractivity contribution is 7.14. The summed E-state index contributed by atoms with van der Waals surface area (Å²) in [4.78, 5) is 24.9. The van der Waals surface area contributed by atoms with Crippen LogP contribution < -0.4 is 15.0 Å². The van der Waals surface area contributed by atoms with Gasteiger partial charge in [0, 0.05) is 26.0 Å². The summed E-state index contributed by atoms with van der Waals surface area (Å²) in [5.74, 6) is 1.22. The number of nitriles is 1. The number of carbonyl (C=O) groups is 1. The molecular weight excluding hydrogens is 364 g/mol. The number of aromatic nitrogens is 2. The number of carbonyl (C=O) groups excluding carboxylic acids is 1. The van der Waals surface area contributed by atoms with Crippen LogP contribution in [0.25, 0.3) is 11.4 Å². The number of likely N-dealkylation sites (tertiary alicyclic amines) is 1. The zero-order valence-corrected chi connectivity index (χ0v) is 16.4. The second kappa shape index (κ2) is 8.22. The highest BCUT2D eigenvalue weighted by Crippen LogP contribution is 2.31. The molecule has 1 aliphatic rings. The molecular formula is C18H22N6O2S. The van der Waals surface area contributed by atoms with Gasteiger partial charge in [-0.15, -0.1) is 11.3 Å². The molecule has 1 saturated heterocycles. The average Bonchev–Trinajstić information content (AvgIpc) is 3.36. The fourth-order valence-electron chi connectivity index (χ4n) is 3.04. The van der Waals surface area contributed by atoms with Crippen LogP contribution in [0.4, 0.5) is 10.9 Å². The van der Waals surface area contributed by atoms with Gasteiger partial charge in [0.1, 0.15) is 11.7 Å². The second-order valence-corrected chi connectivity index (χ2v) is 6.93. The summed E-state index contributed by atoms with van der Waals surface area (Å²) >= 11 is 1.38. The van der Waals surface area contributed by atoms with Crippen molar-refractivity contribution < 1.29 is 9.53 Å². The third-order valence-electron chi connectivity index (χ3n) is 4.43. The van der Waals surface area contributed by atoms with Crippen molar-refractivity contribution in [3.8, 4) is 23.3 Å². The van der Waals surface area contributed by atoms with Crippen LogP contribution >= 0.6 is 11.3 Å². The number of nitrogens with one attached hydrogen (secondary N) is 1. The van der Waals surface area contributed by atoms with Crippen molar-refractivity contribution in [2.24, 2.45) is 0 Å². The van der Waals surface area contributed by atoms with Gasteiger partial charge in [-0.1, -0.05) is 0 Å². The standard InChI is InChI=1S/C18H22N6O2S/c1-4-26-15-8-7-12(21-16(15)20-2)13-10-27-18(22-13)23(3)17(25)14-6-5-9-24(14)11-19/h7-8,10,14H,4-6,9H2,1-3H3,(H,20,21)/t14-/m0/s1. The lowest BCUT2D eigenvalue weighted by molar-refractivity contribution is -0.121. The molecule has 0 bridgehead atoms. The largest absolute Gasteiger partial charge is 0.490 e. The van der Waals surface area contributed by atoms with Crippen LogP contribution in [0.2, 0.25) is 0 Å². The Bertz CT molecular complexity index is 862. The molecule has 0 aromatic carbocycles. The van der Waals surface area contributed by atoms with E-state index in [1.165, 1.54) is 16.2 Å². The number of pyridine rings is 1. The molecule has 3 heterocycles. The molecule has 2 aromatic heterocycles. The van der Waals surface area contributed by atoms with Gasteiger partial charge in [-0.05, 0) is 31.9 Å². The number of hydrogen-bond donors (Lipinski definition) is 1. The van der Waals surface area contributed by atoms with Crippen LogP contribution in [-0.2, 0) is 4.79 Å². The zero-order chi connectivity index (χ0) is 19.4. The number of ether oxygens (including phenoxy) is 1. The summed E-state index contributed by atoms with van der Waals surface area (Å²) in [7, 11) is 3.49. The van der Waals surface area contributed by atoms with Gasteiger partial charge in [0.05, 0.1) is 12.3 Å². The van der Waals surface area contributed by atoms with E-state index in [0.717, 1.165) is 6.42 Å². The van der Waals surface area contributed by atoms with Gasteiger partial charge in [-0.2, -0.15) is 5.26 Å². The van der Waals surface area contributed by atoms with Crippen LogP contribution in [0.15, 0.2) is 17.5 Å². The van der Waals surface area contributed by atoms with E-state index in [-0.39, 0.29) is 5.91 Å². The quantitative estimate of drug-likeness (QED) is 0.762. The second-order valence-electron chi connectivity index (χ2n) is 6.09. The highest BCUT2D eigenvalue weighted by Gasteiger charge is 2.33. The third kappa shape index (κ3) is 3.80. The summed E-state index contributed by atoms with van der Waals surface area (Å²) in [6, 6.07) is 3.31. The van der Waals surface area contributed by atoms with E-state index in [1.807, 2.05) is 24.4 Å². The Labute approximate surface area is 162 Å².